The Morgan fingerprint density at radius 1 is 1.25 bits per heavy atom. The highest BCUT2D eigenvalue weighted by Gasteiger charge is 2.30. The normalized spacial score (nSPS) is 25.4. The van der Waals surface area contributed by atoms with Gasteiger partial charge in [0.05, 0.1) is 4.47 Å². The van der Waals surface area contributed by atoms with Gasteiger partial charge in [0.2, 0.25) is 0 Å². The lowest BCUT2D eigenvalue weighted by atomic mass is 10.0. The molecule has 0 aromatic carbocycles. The van der Waals surface area contributed by atoms with E-state index < -0.39 is 0 Å². The fourth-order valence-corrected chi connectivity index (χ4v) is 3.99. The van der Waals surface area contributed by atoms with E-state index in [1.165, 1.54) is 12.0 Å². The summed E-state index contributed by atoms with van der Waals surface area (Å²) in [5, 5.41) is 0. The topological polar surface area (TPSA) is 45.4 Å². The molecule has 0 spiro atoms. The first-order valence-corrected chi connectivity index (χ1v) is 8.29. The molecule has 2 aliphatic heterocycles. The van der Waals surface area contributed by atoms with Crippen LogP contribution in [0.5, 0.6) is 0 Å². The Labute approximate surface area is 129 Å². The Hall–Kier alpha value is -0.650. The van der Waals surface area contributed by atoms with Crippen LogP contribution in [0, 0.1) is 6.92 Å². The second-order valence-corrected chi connectivity index (χ2v) is 6.93. The van der Waals surface area contributed by atoms with Crippen molar-refractivity contribution in [3.05, 3.63) is 22.3 Å². The Balaban J connectivity index is 1.64. The number of rotatable bonds is 2. The zero-order valence-corrected chi connectivity index (χ0v) is 13.6. The maximum Gasteiger partial charge on any atom is 0.142 e. The minimum Gasteiger partial charge on any atom is -0.354 e. The molecule has 20 heavy (non-hydrogen) atoms. The van der Waals surface area contributed by atoms with E-state index in [2.05, 4.69) is 43.7 Å². The standard InChI is InChI=1S/C15H23BrN4/c1-11-8-14(16)15(18-9-11)20-7-4-13(10-20)19-5-2-12(17)3-6-19/h8-9,12-13H,2-7,10,17H2,1H3. The molecule has 2 saturated heterocycles. The van der Waals surface area contributed by atoms with Gasteiger partial charge in [-0.1, -0.05) is 0 Å². The summed E-state index contributed by atoms with van der Waals surface area (Å²) < 4.78 is 1.11. The zero-order valence-electron chi connectivity index (χ0n) is 12.1. The van der Waals surface area contributed by atoms with Crippen molar-refractivity contribution in [3.8, 4) is 0 Å². The zero-order chi connectivity index (χ0) is 14.1. The molecule has 1 atom stereocenters. The first kappa shape index (κ1) is 14.3. The van der Waals surface area contributed by atoms with Crippen LogP contribution in [0.3, 0.4) is 0 Å². The number of nitrogens with two attached hydrogens (primary N) is 1. The van der Waals surface area contributed by atoms with Crippen LogP contribution in [0.15, 0.2) is 16.7 Å². The van der Waals surface area contributed by atoms with Gasteiger partial charge in [-0.05, 0) is 66.8 Å². The Morgan fingerprint density at radius 2 is 2.00 bits per heavy atom. The van der Waals surface area contributed by atoms with E-state index in [0.717, 1.165) is 49.3 Å². The second-order valence-electron chi connectivity index (χ2n) is 6.08. The molecule has 110 valence electrons. The minimum atomic E-state index is 0.414. The van der Waals surface area contributed by atoms with Gasteiger partial charge in [0.25, 0.3) is 0 Å². The third-order valence-electron chi connectivity index (χ3n) is 4.51. The largest absolute Gasteiger partial charge is 0.354 e. The number of hydrogen-bond acceptors (Lipinski definition) is 4. The summed E-state index contributed by atoms with van der Waals surface area (Å²) in [6, 6.07) is 3.23. The molecule has 2 N–H and O–H groups in total. The Bertz CT molecular complexity index is 471. The van der Waals surface area contributed by atoms with Crippen LogP contribution in [0.25, 0.3) is 0 Å². The fraction of sp³-hybridized carbons (Fsp3) is 0.667. The van der Waals surface area contributed by atoms with Gasteiger partial charge in [0.1, 0.15) is 5.82 Å². The summed E-state index contributed by atoms with van der Waals surface area (Å²) in [5.74, 6) is 1.09. The third-order valence-corrected chi connectivity index (χ3v) is 5.10. The van der Waals surface area contributed by atoms with Crippen molar-refractivity contribution in [2.45, 2.75) is 38.3 Å². The smallest absolute Gasteiger partial charge is 0.142 e. The summed E-state index contributed by atoms with van der Waals surface area (Å²) in [6.07, 6.45) is 5.47. The summed E-state index contributed by atoms with van der Waals surface area (Å²) in [6.45, 7) is 6.57. The van der Waals surface area contributed by atoms with Crippen LogP contribution >= 0.6 is 15.9 Å². The number of aryl methyl sites for hydroxylation is 1. The van der Waals surface area contributed by atoms with Crippen molar-refractivity contribution in [3.63, 3.8) is 0 Å². The molecule has 1 aromatic rings. The molecule has 2 aliphatic rings. The van der Waals surface area contributed by atoms with Gasteiger partial charge < -0.3 is 10.6 Å². The molecule has 0 bridgehead atoms. The number of likely N-dealkylation sites (tertiary alicyclic amines) is 1. The average Bonchev–Trinajstić information content (AvgIpc) is 2.89. The van der Waals surface area contributed by atoms with Gasteiger partial charge in [-0.2, -0.15) is 0 Å². The highest BCUT2D eigenvalue weighted by Crippen LogP contribution is 2.29. The van der Waals surface area contributed by atoms with Gasteiger partial charge in [-0.3, -0.25) is 4.90 Å². The molecule has 3 rings (SSSR count). The molecule has 1 unspecified atom stereocenters. The summed E-state index contributed by atoms with van der Waals surface area (Å²) >= 11 is 3.65. The van der Waals surface area contributed by atoms with Crippen molar-refractivity contribution in [1.29, 1.82) is 0 Å². The Kier molecular flexibility index (Phi) is 4.29. The summed E-state index contributed by atoms with van der Waals surface area (Å²) in [7, 11) is 0. The summed E-state index contributed by atoms with van der Waals surface area (Å²) in [4.78, 5) is 9.61. The maximum atomic E-state index is 5.99. The fourth-order valence-electron chi connectivity index (χ4n) is 3.28. The molecule has 4 nitrogen and oxygen atoms in total. The maximum absolute atomic E-state index is 5.99. The van der Waals surface area contributed by atoms with E-state index in [0.29, 0.717) is 12.1 Å². The molecule has 0 saturated carbocycles. The van der Waals surface area contributed by atoms with Crippen LogP contribution in [0.1, 0.15) is 24.8 Å². The number of nitrogens with zero attached hydrogens (tertiary/aromatic N) is 3. The lowest BCUT2D eigenvalue weighted by Gasteiger charge is -2.34. The molecule has 0 radical (unpaired) electrons. The van der Waals surface area contributed by atoms with Gasteiger partial charge >= 0.3 is 0 Å². The number of piperidine rings is 1. The minimum absolute atomic E-state index is 0.414. The van der Waals surface area contributed by atoms with E-state index >= 15 is 0 Å². The van der Waals surface area contributed by atoms with Gasteiger partial charge in [-0.15, -0.1) is 0 Å². The number of halogens is 1. The Morgan fingerprint density at radius 3 is 2.70 bits per heavy atom. The number of anilines is 1. The van der Waals surface area contributed by atoms with E-state index in [9.17, 15) is 0 Å². The highest BCUT2D eigenvalue weighted by molar-refractivity contribution is 9.10. The molecular weight excluding hydrogens is 316 g/mol. The van der Waals surface area contributed by atoms with Crippen molar-refractivity contribution in [1.82, 2.24) is 9.88 Å². The average molecular weight is 339 g/mol. The predicted molar refractivity (Wildman–Crippen MR) is 86.1 cm³/mol. The van der Waals surface area contributed by atoms with Crippen molar-refractivity contribution < 1.29 is 0 Å². The van der Waals surface area contributed by atoms with Gasteiger partial charge in [0.15, 0.2) is 0 Å². The van der Waals surface area contributed by atoms with Crippen LogP contribution in [-0.2, 0) is 0 Å². The van der Waals surface area contributed by atoms with Crippen LogP contribution < -0.4 is 10.6 Å². The van der Waals surface area contributed by atoms with E-state index in [-0.39, 0.29) is 0 Å². The predicted octanol–water partition coefficient (Wildman–Crippen LogP) is 2.15. The number of aromatic nitrogens is 1. The van der Waals surface area contributed by atoms with Crippen molar-refractivity contribution >= 4 is 21.7 Å². The van der Waals surface area contributed by atoms with Crippen molar-refractivity contribution in [2.75, 3.05) is 31.1 Å². The molecule has 3 heterocycles. The lowest BCUT2D eigenvalue weighted by Crippen LogP contribution is -2.46. The quantitative estimate of drug-likeness (QED) is 0.897. The van der Waals surface area contributed by atoms with Crippen LogP contribution in [0.4, 0.5) is 5.82 Å². The van der Waals surface area contributed by atoms with E-state index in [4.69, 9.17) is 5.73 Å². The van der Waals surface area contributed by atoms with Crippen molar-refractivity contribution in [2.24, 2.45) is 5.73 Å². The summed E-state index contributed by atoms with van der Waals surface area (Å²) in [5.41, 5.74) is 7.19. The lowest BCUT2D eigenvalue weighted by molar-refractivity contribution is 0.163. The molecule has 0 aliphatic carbocycles. The van der Waals surface area contributed by atoms with Gasteiger partial charge in [0, 0.05) is 31.4 Å². The monoisotopic (exact) mass is 338 g/mol. The first-order chi connectivity index (χ1) is 9.63. The SMILES string of the molecule is Cc1cnc(N2CCC(N3CCC(N)CC3)C2)c(Br)c1. The molecular formula is C15H23BrN4. The molecule has 5 heteroatoms. The van der Waals surface area contributed by atoms with E-state index in [1.807, 2.05) is 6.20 Å². The number of pyridine rings is 1. The van der Waals surface area contributed by atoms with Crippen LogP contribution in [0.2, 0.25) is 0 Å². The molecule has 1 aromatic heterocycles. The van der Waals surface area contributed by atoms with Crippen LogP contribution in [-0.4, -0.2) is 48.1 Å². The molecule has 2 fully saturated rings. The third kappa shape index (κ3) is 3.00. The van der Waals surface area contributed by atoms with E-state index in [1.54, 1.807) is 0 Å². The number of hydrogen-bond donors (Lipinski definition) is 1. The molecule has 0 amide bonds. The van der Waals surface area contributed by atoms with Gasteiger partial charge in [-0.25, -0.2) is 4.98 Å². The highest BCUT2D eigenvalue weighted by atomic mass is 79.9. The first-order valence-electron chi connectivity index (χ1n) is 7.50. The second kappa shape index (κ2) is 6.00.